The lowest BCUT2D eigenvalue weighted by atomic mass is 10.1. The summed E-state index contributed by atoms with van der Waals surface area (Å²) in [6, 6.07) is 4.04. The predicted octanol–water partition coefficient (Wildman–Crippen LogP) is 3.98. The highest BCUT2D eigenvalue weighted by Gasteiger charge is 2.11. The second kappa shape index (κ2) is 7.38. The number of rotatable bonds is 7. The zero-order chi connectivity index (χ0) is 12.7. The number of halogens is 2. The van der Waals surface area contributed by atoms with Crippen LogP contribution in [0.2, 0.25) is 0 Å². The molecule has 0 bridgehead atoms. The van der Waals surface area contributed by atoms with Crippen molar-refractivity contribution < 1.29 is 8.78 Å². The van der Waals surface area contributed by atoms with Gasteiger partial charge in [0.15, 0.2) is 0 Å². The van der Waals surface area contributed by atoms with Gasteiger partial charge in [-0.1, -0.05) is 32.8 Å². The van der Waals surface area contributed by atoms with Crippen molar-refractivity contribution in [2.24, 2.45) is 0 Å². The highest BCUT2D eigenvalue weighted by atomic mass is 19.1. The molecule has 0 N–H and O–H groups in total. The van der Waals surface area contributed by atoms with Gasteiger partial charge in [0.05, 0.1) is 0 Å². The standard InChI is InChI=1S/C14H21F2N/c1-3-5-6-10-17(4-2)11-12-13(15)8-7-9-14(12)16/h7-9H,3-6,10-11H2,1-2H3. The smallest absolute Gasteiger partial charge is 0.130 e. The monoisotopic (exact) mass is 241 g/mol. The molecule has 0 unspecified atom stereocenters. The van der Waals surface area contributed by atoms with Crippen molar-refractivity contribution in [1.82, 2.24) is 4.90 Å². The molecule has 0 aliphatic heterocycles. The van der Waals surface area contributed by atoms with E-state index in [1.54, 1.807) is 0 Å². The first-order chi connectivity index (χ1) is 8.19. The third-order valence-electron chi connectivity index (χ3n) is 2.97. The molecule has 1 aromatic carbocycles. The Bertz CT molecular complexity index is 319. The summed E-state index contributed by atoms with van der Waals surface area (Å²) in [6.45, 7) is 6.24. The summed E-state index contributed by atoms with van der Waals surface area (Å²) in [5.41, 5.74) is 0.186. The lowest BCUT2D eigenvalue weighted by molar-refractivity contribution is 0.265. The number of nitrogens with zero attached hydrogens (tertiary/aromatic N) is 1. The maximum Gasteiger partial charge on any atom is 0.130 e. The van der Waals surface area contributed by atoms with Crippen LogP contribution >= 0.6 is 0 Å². The molecule has 0 aliphatic rings. The van der Waals surface area contributed by atoms with Crippen LogP contribution in [0.15, 0.2) is 18.2 Å². The number of hydrogen-bond acceptors (Lipinski definition) is 1. The van der Waals surface area contributed by atoms with Crippen molar-refractivity contribution in [3.8, 4) is 0 Å². The van der Waals surface area contributed by atoms with Gasteiger partial charge in [0.25, 0.3) is 0 Å². The maximum absolute atomic E-state index is 13.5. The molecule has 0 heterocycles. The molecule has 1 nitrogen and oxygen atoms in total. The molecule has 96 valence electrons. The lowest BCUT2D eigenvalue weighted by Crippen LogP contribution is -2.25. The van der Waals surface area contributed by atoms with Crippen molar-refractivity contribution >= 4 is 0 Å². The summed E-state index contributed by atoms with van der Waals surface area (Å²) in [7, 11) is 0. The van der Waals surface area contributed by atoms with Crippen molar-refractivity contribution in [2.45, 2.75) is 39.7 Å². The largest absolute Gasteiger partial charge is 0.299 e. The molecule has 0 saturated carbocycles. The molecule has 0 saturated heterocycles. The molecule has 0 aliphatic carbocycles. The van der Waals surface area contributed by atoms with Crippen LogP contribution in [0.3, 0.4) is 0 Å². The zero-order valence-corrected chi connectivity index (χ0v) is 10.7. The van der Waals surface area contributed by atoms with E-state index < -0.39 is 11.6 Å². The highest BCUT2D eigenvalue weighted by Crippen LogP contribution is 2.15. The van der Waals surface area contributed by atoms with Crippen molar-refractivity contribution in [3.05, 3.63) is 35.4 Å². The molecule has 1 rings (SSSR count). The molecule has 0 atom stereocenters. The van der Waals surface area contributed by atoms with Gasteiger partial charge in [0.2, 0.25) is 0 Å². The summed E-state index contributed by atoms with van der Waals surface area (Å²) < 4.78 is 26.9. The second-order valence-corrected chi connectivity index (χ2v) is 4.28. The highest BCUT2D eigenvalue weighted by molar-refractivity contribution is 5.19. The zero-order valence-electron chi connectivity index (χ0n) is 10.7. The quantitative estimate of drug-likeness (QED) is 0.653. The fourth-order valence-corrected chi connectivity index (χ4v) is 1.84. The molecular weight excluding hydrogens is 220 g/mol. The van der Waals surface area contributed by atoms with Crippen LogP contribution in [0.25, 0.3) is 0 Å². The Morgan fingerprint density at radius 1 is 1.06 bits per heavy atom. The average Bonchev–Trinajstić information content (AvgIpc) is 2.32. The minimum absolute atomic E-state index is 0.186. The van der Waals surface area contributed by atoms with E-state index in [-0.39, 0.29) is 5.56 Å². The van der Waals surface area contributed by atoms with Crippen LogP contribution in [0.4, 0.5) is 8.78 Å². The van der Waals surface area contributed by atoms with Gasteiger partial charge in [-0.15, -0.1) is 0 Å². The Hall–Kier alpha value is -0.960. The Morgan fingerprint density at radius 3 is 2.24 bits per heavy atom. The Kier molecular flexibility index (Phi) is 6.12. The molecule has 1 aromatic rings. The Labute approximate surface area is 102 Å². The maximum atomic E-state index is 13.5. The number of benzene rings is 1. The van der Waals surface area contributed by atoms with Crippen LogP contribution in [-0.4, -0.2) is 18.0 Å². The minimum atomic E-state index is -0.445. The van der Waals surface area contributed by atoms with E-state index in [1.807, 2.05) is 6.92 Å². The normalized spacial score (nSPS) is 11.1. The second-order valence-electron chi connectivity index (χ2n) is 4.28. The predicted molar refractivity (Wildman–Crippen MR) is 66.8 cm³/mol. The first-order valence-electron chi connectivity index (χ1n) is 6.34. The van der Waals surface area contributed by atoms with E-state index in [0.717, 1.165) is 32.4 Å². The van der Waals surface area contributed by atoms with Crippen LogP contribution in [-0.2, 0) is 6.54 Å². The van der Waals surface area contributed by atoms with Gasteiger partial charge in [-0.2, -0.15) is 0 Å². The van der Waals surface area contributed by atoms with Crippen LogP contribution in [0.5, 0.6) is 0 Å². The van der Waals surface area contributed by atoms with Gasteiger partial charge in [0.1, 0.15) is 11.6 Å². The van der Waals surface area contributed by atoms with E-state index in [0.29, 0.717) is 6.54 Å². The third kappa shape index (κ3) is 4.43. The molecule has 0 fully saturated rings. The third-order valence-corrected chi connectivity index (χ3v) is 2.97. The van der Waals surface area contributed by atoms with Crippen LogP contribution in [0, 0.1) is 11.6 Å². The molecular formula is C14H21F2N. The van der Waals surface area contributed by atoms with E-state index in [2.05, 4.69) is 11.8 Å². The summed E-state index contributed by atoms with van der Waals surface area (Å²) >= 11 is 0. The van der Waals surface area contributed by atoms with E-state index in [9.17, 15) is 8.78 Å². The molecule has 0 radical (unpaired) electrons. The van der Waals surface area contributed by atoms with Gasteiger partial charge < -0.3 is 0 Å². The summed E-state index contributed by atoms with van der Waals surface area (Å²) in [5, 5.41) is 0. The summed E-state index contributed by atoms with van der Waals surface area (Å²) in [6.07, 6.45) is 3.41. The molecule has 0 aromatic heterocycles. The van der Waals surface area contributed by atoms with Gasteiger partial charge >= 0.3 is 0 Å². The number of hydrogen-bond donors (Lipinski definition) is 0. The van der Waals surface area contributed by atoms with E-state index >= 15 is 0 Å². The van der Waals surface area contributed by atoms with Gasteiger partial charge in [-0.25, -0.2) is 8.78 Å². The van der Waals surface area contributed by atoms with Crippen LogP contribution < -0.4 is 0 Å². The van der Waals surface area contributed by atoms with Crippen LogP contribution in [0.1, 0.15) is 38.7 Å². The first kappa shape index (κ1) is 14.1. The first-order valence-corrected chi connectivity index (χ1v) is 6.34. The minimum Gasteiger partial charge on any atom is -0.299 e. The Morgan fingerprint density at radius 2 is 1.71 bits per heavy atom. The SMILES string of the molecule is CCCCCN(CC)Cc1c(F)cccc1F. The molecule has 0 amide bonds. The number of unbranched alkanes of at least 4 members (excludes halogenated alkanes) is 2. The fourth-order valence-electron chi connectivity index (χ4n) is 1.84. The van der Waals surface area contributed by atoms with E-state index in [1.165, 1.54) is 18.2 Å². The van der Waals surface area contributed by atoms with Crippen molar-refractivity contribution in [2.75, 3.05) is 13.1 Å². The van der Waals surface area contributed by atoms with Crippen molar-refractivity contribution in [3.63, 3.8) is 0 Å². The summed E-state index contributed by atoms with van der Waals surface area (Å²) in [5.74, 6) is -0.891. The molecule has 0 spiro atoms. The molecule has 3 heteroatoms. The van der Waals surface area contributed by atoms with E-state index in [4.69, 9.17) is 0 Å². The Balaban J connectivity index is 2.60. The topological polar surface area (TPSA) is 3.24 Å². The average molecular weight is 241 g/mol. The van der Waals surface area contributed by atoms with Gasteiger partial charge in [0, 0.05) is 12.1 Å². The van der Waals surface area contributed by atoms with Crippen molar-refractivity contribution in [1.29, 1.82) is 0 Å². The van der Waals surface area contributed by atoms with Gasteiger partial charge in [-0.3, -0.25) is 4.90 Å². The fraction of sp³-hybridized carbons (Fsp3) is 0.571. The lowest BCUT2D eigenvalue weighted by Gasteiger charge is -2.20. The molecule has 17 heavy (non-hydrogen) atoms. The van der Waals surface area contributed by atoms with Gasteiger partial charge in [-0.05, 0) is 31.6 Å². The summed E-state index contributed by atoms with van der Waals surface area (Å²) in [4.78, 5) is 2.08.